The molecule has 1 amide bonds. The van der Waals surface area contributed by atoms with Crippen LogP contribution in [0.3, 0.4) is 0 Å². The van der Waals surface area contributed by atoms with E-state index in [2.05, 4.69) is 5.32 Å². The quantitative estimate of drug-likeness (QED) is 0.527. The van der Waals surface area contributed by atoms with Crippen molar-refractivity contribution in [3.63, 3.8) is 0 Å². The Kier molecular flexibility index (Phi) is 5.06. The number of amides is 1. The lowest BCUT2D eigenvalue weighted by Gasteiger charge is -2.15. The fourth-order valence-corrected chi connectivity index (χ4v) is 0.982. The highest BCUT2D eigenvalue weighted by molar-refractivity contribution is 5.80. The van der Waals surface area contributed by atoms with Gasteiger partial charge in [-0.1, -0.05) is 13.8 Å². The van der Waals surface area contributed by atoms with Crippen LogP contribution >= 0.6 is 0 Å². The average Bonchev–Trinajstić information content (AvgIpc) is 1.96. The van der Waals surface area contributed by atoms with Crippen LogP contribution in [0.2, 0.25) is 0 Å². The van der Waals surface area contributed by atoms with E-state index in [9.17, 15) is 9.59 Å². The van der Waals surface area contributed by atoms with Crippen LogP contribution in [-0.2, 0) is 9.59 Å². The van der Waals surface area contributed by atoms with E-state index in [4.69, 9.17) is 10.8 Å². The van der Waals surface area contributed by atoms with Crippen molar-refractivity contribution < 1.29 is 14.7 Å². The van der Waals surface area contributed by atoms with Crippen LogP contribution in [-0.4, -0.2) is 29.6 Å². The Labute approximate surface area is 77.3 Å². The van der Waals surface area contributed by atoms with E-state index in [1.165, 1.54) is 0 Å². The third-order valence-corrected chi connectivity index (χ3v) is 1.55. The van der Waals surface area contributed by atoms with Crippen molar-refractivity contribution in [2.24, 2.45) is 11.7 Å². The number of primary amides is 1. The molecule has 1 atom stereocenters. The van der Waals surface area contributed by atoms with Crippen molar-refractivity contribution >= 4 is 11.9 Å². The molecule has 1 unspecified atom stereocenters. The van der Waals surface area contributed by atoms with Crippen LogP contribution in [0, 0.1) is 5.92 Å². The van der Waals surface area contributed by atoms with Crippen molar-refractivity contribution in [3.8, 4) is 0 Å². The van der Waals surface area contributed by atoms with E-state index < -0.39 is 17.9 Å². The van der Waals surface area contributed by atoms with E-state index in [-0.39, 0.29) is 6.54 Å². The minimum Gasteiger partial charge on any atom is -0.480 e. The Hall–Kier alpha value is -1.10. The molecular weight excluding hydrogens is 172 g/mol. The number of carbonyl (C=O) groups excluding carboxylic acids is 1. The highest BCUT2D eigenvalue weighted by Crippen LogP contribution is 2.03. The highest BCUT2D eigenvalue weighted by atomic mass is 16.4. The van der Waals surface area contributed by atoms with Crippen LogP contribution in [0.5, 0.6) is 0 Å². The molecule has 0 radical (unpaired) electrons. The number of hydrogen-bond acceptors (Lipinski definition) is 3. The number of hydrogen-bond donors (Lipinski definition) is 3. The van der Waals surface area contributed by atoms with E-state index in [0.29, 0.717) is 12.3 Å². The van der Waals surface area contributed by atoms with Crippen molar-refractivity contribution in [2.45, 2.75) is 26.3 Å². The van der Waals surface area contributed by atoms with Crippen LogP contribution in [0.4, 0.5) is 0 Å². The lowest BCUT2D eigenvalue weighted by Crippen LogP contribution is -2.44. The molecule has 0 aromatic carbocycles. The number of aliphatic carboxylic acids is 1. The summed E-state index contributed by atoms with van der Waals surface area (Å²) in [7, 11) is 0. The second-order valence-electron chi connectivity index (χ2n) is 3.36. The van der Waals surface area contributed by atoms with Gasteiger partial charge in [-0.3, -0.25) is 14.9 Å². The van der Waals surface area contributed by atoms with Gasteiger partial charge in [-0.25, -0.2) is 0 Å². The average molecular weight is 188 g/mol. The van der Waals surface area contributed by atoms with Crippen molar-refractivity contribution in [1.82, 2.24) is 5.32 Å². The molecule has 0 fully saturated rings. The van der Waals surface area contributed by atoms with Crippen LogP contribution in [0.1, 0.15) is 20.3 Å². The maximum Gasteiger partial charge on any atom is 0.317 e. The fraction of sp³-hybridized carbons (Fsp3) is 0.750. The number of nitrogens with one attached hydrogen (secondary N) is 1. The summed E-state index contributed by atoms with van der Waals surface area (Å²) in [5.41, 5.74) is 5.08. The first-order valence-corrected chi connectivity index (χ1v) is 4.18. The first-order chi connectivity index (χ1) is 5.93. The molecule has 0 saturated heterocycles. The molecule has 0 rings (SSSR count). The lowest BCUT2D eigenvalue weighted by molar-refractivity contribution is -0.136. The number of rotatable bonds is 6. The standard InChI is InChI=1S/C8H16N2O3/c1-5(2)3-6(8(9)13)10-4-7(11)12/h5-6,10H,3-4H2,1-2H3,(H2,9,13)(H,11,12). The smallest absolute Gasteiger partial charge is 0.317 e. The molecule has 13 heavy (non-hydrogen) atoms. The summed E-state index contributed by atoms with van der Waals surface area (Å²) in [6.45, 7) is 3.65. The summed E-state index contributed by atoms with van der Waals surface area (Å²) in [5, 5.41) is 10.9. The predicted molar refractivity (Wildman–Crippen MR) is 48.1 cm³/mol. The topological polar surface area (TPSA) is 92.4 Å². The zero-order valence-electron chi connectivity index (χ0n) is 7.91. The molecule has 5 nitrogen and oxygen atoms in total. The molecule has 0 aliphatic heterocycles. The van der Waals surface area contributed by atoms with E-state index >= 15 is 0 Å². The molecule has 0 aliphatic carbocycles. The Morgan fingerprint density at radius 1 is 1.46 bits per heavy atom. The molecule has 0 aromatic rings. The van der Waals surface area contributed by atoms with Gasteiger partial charge >= 0.3 is 5.97 Å². The van der Waals surface area contributed by atoms with E-state index in [1.54, 1.807) is 0 Å². The van der Waals surface area contributed by atoms with Crippen molar-refractivity contribution in [1.29, 1.82) is 0 Å². The predicted octanol–water partition coefficient (Wildman–Crippen LogP) is -0.439. The molecule has 0 aromatic heterocycles. The van der Waals surface area contributed by atoms with Crippen LogP contribution < -0.4 is 11.1 Å². The van der Waals surface area contributed by atoms with Crippen molar-refractivity contribution in [3.05, 3.63) is 0 Å². The van der Waals surface area contributed by atoms with Gasteiger partial charge in [0.2, 0.25) is 5.91 Å². The monoisotopic (exact) mass is 188 g/mol. The minimum atomic E-state index is -0.991. The molecular formula is C8H16N2O3. The Morgan fingerprint density at radius 2 is 2.00 bits per heavy atom. The minimum absolute atomic E-state index is 0.236. The first-order valence-electron chi connectivity index (χ1n) is 4.18. The molecule has 0 saturated carbocycles. The Morgan fingerprint density at radius 3 is 2.31 bits per heavy atom. The SMILES string of the molecule is CC(C)CC(NCC(=O)O)C(N)=O. The first kappa shape index (κ1) is 11.9. The maximum absolute atomic E-state index is 10.8. The van der Waals surface area contributed by atoms with Gasteiger partial charge in [-0.2, -0.15) is 0 Å². The molecule has 5 heteroatoms. The fourth-order valence-electron chi connectivity index (χ4n) is 0.982. The third kappa shape index (κ3) is 6.10. The van der Waals surface area contributed by atoms with E-state index in [1.807, 2.05) is 13.8 Å². The van der Waals surface area contributed by atoms with Crippen LogP contribution in [0.25, 0.3) is 0 Å². The summed E-state index contributed by atoms with van der Waals surface area (Å²) in [5.74, 6) is -1.19. The van der Waals surface area contributed by atoms with Gasteiger partial charge in [0.25, 0.3) is 0 Å². The second kappa shape index (κ2) is 5.53. The molecule has 0 aliphatic rings. The van der Waals surface area contributed by atoms with Gasteiger partial charge in [-0.15, -0.1) is 0 Å². The largest absolute Gasteiger partial charge is 0.480 e. The van der Waals surface area contributed by atoms with Crippen LogP contribution in [0.15, 0.2) is 0 Å². The van der Waals surface area contributed by atoms with Gasteiger partial charge < -0.3 is 10.8 Å². The number of carbonyl (C=O) groups is 2. The lowest BCUT2D eigenvalue weighted by atomic mass is 10.0. The Bertz CT molecular complexity index is 192. The molecule has 0 bridgehead atoms. The van der Waals surface area contributed by atoms with Gasteiger partial charge in [0, 0.05) is 0 Å². The second-order valence-corrected chi connectivity index (χ2v) is 3.36. The normalized spacial score (nSPS) is 12.8. The summed E-state index contributed by atoms with van der Waals surface area (Å²) in [6, 6.07) is -0.545. The van der Waals surface area contributed by atoms with Gasteiger partial charge in [-0.05, 0) is 12.3 Å². The van der Waals surface area contributed by atoms with Gasteiger partial charge in [0.05, 0.1) is 12.6 Å². The third-order valence-electron chi connectivity index (χ3n) is 1.55. The number of nitrogens with two attached hydrogens (primary N) is 1. The van der Waals surface area contributed by atoms with Crippen molar-refractivity contribution in [2.75, 3.05) is 6.54 Å². The Balaban J connectivity index is 3.95. The number of carboxylic acids is 1. The van der Waals surface area contributed by atoms with E-state index in [0.717, 1.165) is 0 Å². The van der Waals surface area contributed by atoms with Gasteiger partial charge in [0.1, 0.15) is 0 Å². The number of carboxylic acid groups (broad SMARTS) is 1. The summed E-state index contributed by atoms with van der Waals surface area (Å²) in [6.07, 6.45) is 0.558. The maximum atomic E-state index is 10.8. The molecule has 0 spiro atoms. The summed E-state index contributed by atoms with van der Waals surface area (Å²) < 4.78 is 0. The van der Waals surface area contributed by atoms with Gasteiger partial charge in [0.15, 0.2) is 0 Å². The molecule has 76 valence electrons. The molecule has 0 heterocycles. The zero-order valence-corrected chi connectivity index (χ0v) is 7.91. The zero-order chi connectivity index (χ0) is 10.4. The summed E-state index contributed by atoms with van der Waals surface area (Å²) >= 11 is 0. The summed E-state index contributed by atoms with van der Waals surface area (Å²) in [4.78, 5) is 21.0. The molecule has 4 N–H and O–H groups in total. The highest BCUT2D eigenvalue weighted by Gasteiger charge is 2.16.